The number of carbonyl (C=O) groups is 2. The SMILES string of the molecule is COC(=O)Nc1ccc(NC(=O)OC(C)C)cc1[N+](=O)[O-]. The molecule has 0 spiro atoms. The van der Waals surface area contributed by atoms with Crippen LogP contribution in [-0.4, -0.2) is 30.3 Å². The number of rotatable bonds is 4. The Kier molecular flexibility index (Phi) is 5.47. The number of hydrogen-bond donors (Lipinski definition) is 2. The maximum Gasteiger partial charge on any atom is 0.411 e. The lowest BCUT2D eigenvalue weighted by Gasteiger charge is -2.10. The normalized spacial score (nSPS) is 9.90. The van der Waals surface area contributed by atoms with Crippen LogP contribution in [-0.2, 0) is 9.47 Å². The summed E-state index contributed by atoms with van der Waals surface area (Å²) >= 11 is 0. The molecule has 0 saturated carbocycles. The molecule has 0 aliphatic rings. The number of nitro benzene ring substituents is 1. The standard InChI is InChI=1S/C12H15N3O6/c1-7(2)21-12(17)13-8-4-5-9(14-11(16)20-3)10(6-8)15(18)19/h4-7H,1-3H3,(H,13,17)(H,14,16). The van der Waals surface area contributed by atoms with E-state index in [4.69, 9.17) is 4.74 Å². The number of amides is 2. The van der Waals surface area contributed by atoms with E-state index in [-0.39, 0.29) is 23.2 Å². The molecule has 0 heterocycles. The van der Waals surface area contributed by atoms with Crippen molar-refractivity contribution in [3.63, 3.8) is 0 Å². The molecule has 9 nitrogen and oxygen atoms in total. The first kappa shape index (κ1) is 16.2. The van der Waals surface area contributed by atoms with E-state index in [2.05, 4.69) is 15.4 Å². The zero-order valence-corrected chi connectivity index (χ0v) is 11.7. The summed E-state index contributed by atoms with van der Waals surface area (Å²) < 4.78 is 9.22. The number of benzene rings is 1. The second kappa shape index (κ2) is 7.08. The highest BCUT2D eigenvalue weighted by atomic mass is 16.6. The number of ether oxygens (including phenoxy) is 2. The number of nitro groups is 1. The van der Waals surface area contributed by atoms with Crippen LogP contribution in [0.1, 0.15) is 13.8 Å². The Bertz CT molecular complexity index is 558. The van der Waals surface area contributed by atoms with Crippen LogP contribution >= 0.6 is 0 Å². The Balaban J connectivity index is 2.95. The van der Waals surface area contributed by atoms with E-state index in [1.54, 1.807) is 13.8 Å². The van der Waals surface area contributed by atoms with E-state index in [1.807, 2.05) is 0 Å². The van der Waals surface area contributed by atoms with Gasteiger partial charge in [-0.25, -0.2) is 9.59 Å². The Morgan fingerprint density at radius 3 is 2.43 bits per heavy atom. The molecule has 2 N–H and O–H groups in total. The van der Waals surface area contributed by atoms with Gasteiger partial charge in [0.05, 0.1) is 23.8 Å². The topological polar surface area (TPSA) is 120 Å². The molecule has 0 bridgehead atoms. The van der Waals surface area contributed by atoms with Gasteiger partial charge in [0.2, 0.25) is 0 Å². The van der Waals surface area contributed by atoms with Crippen LogP contribution in [0.3, 0.4) is 0 Å². The third-order valence-corrected chi connectivity index (χ3v) is 2.21. The molecule has 2 amide bonds. The first-order valence-electron chi connectivity index (χ1n) is 5.94. The zero-order valence-electron chi connectivity index (χ0n) is 11.7. The Hall–Kier alpha value is -2.84. The van der Waals surface area contributed by atoms with Gasteiger partial charge in [-0.2, -0.15) is 0 Å². The number of hydrogen-bond acceptors (Lipinski definition) is 6. The highest BCUT2D eigenvalue weighted by Gasteiger charge is 2.18. The van der Waals surface area contributed by atoms with Gasteiger partial charge in [-0.1, -0.05) is 0 Å². The van der Waals surface area contributed by atoms with Crippen molar-refractivity contribution < 1.29 is 24.0 Å². The fourth-order valence-corrected chi connectivity index (χ4v) is 1.39. The van der Waals surface area contributed by atoms with Crippen molar-refractivity contribution >= 4 is 29.2 Å². The minimum absolute atomic E-state index is 0.0466. The summed E-state index contributed by atoms with van der Waals surface area (Å²) in [7, 11) is 1.14. The van der Waals surface area contributed by atoms with E-state index in [0.29, 0.717) is 0 Å². The summed E-state index contributed by atoms with van der Waals surface area (Å²) in [5.74, 6) is 0. The van der Waals surface area contributed by atoms with Gasteiger partial charge in [0.1, 0.15) is 5.69 Å². The molecule has 0 atom stereocenters. The zero-order chi connectivity index (χ0) is 16.0. The quantitative estimate of drug-likeness (QED) is 0.651. The predicted octanol–water partition coefficient (Wildman–Crippen LogP) is 2.73. The number of nitrogens with one attached hydrogen (secondary N) is 2. The van der Waals surface area contributed by atoms with Gasteiger partial charge in [0.15, 0.2) is 0 Å². The van der Waals surface area contributed by atoms with E-state index < -0.39 is 17.1 Å². The average molecular weight is 297 g/mol. The monoisotopic (exact) mass is 297 g/mol. The van der Waals surface area contributed by atoms with Gasteiger partial charge in [-0.05, 0) is 26.0 Å². The van der Waals surface area contributed by atoms with Crippen molar-refractivity contribution in [2.75, 3.05) is 17.7 Å². The van der Waals surface area contributed by atoms with Crippen LogP contribution in [0.2, 0.25) is 0 Å². The maximum absolute atomic E-state index is 11.4. The molecule has 9 heteroatoms. The first-order chi connectivity index (χ1) is 9.83. The smallest absolute Gasteiger partial charge is 0.411 e. The van der Waals surface area contributed by atoms with E-state index in [1.165, 1.54) is 12.1 Å². The van der Waals surface area contributed by atoms with Crippen LogP contribution in [0.5, 0.6) is 0 Å². The third-order valence-electron chi connectivity index (χ3n) is 2.21. The lowest BCUT2D eigenvalue weighted by molar-refractivity contribution is -0.383. The minimum Gasteiger partial charge on any atom is -0.453 e. The summed E-state index contributed by atoms with van der Waals surface area (Å²) in [5, 5.41) is 15.5. The lowest BCUT2D eigenvalue weighted by Crippen LogP contribution is -2.18. The Morgan fingerprint density at radius 2 is 1.90 bits per heavy atom. The van der Waals surface area contributed by atoms with Crippen LogP contribution in [0.4, 0.5) is 26.7 Å². The molecule has 0 unspecified atom stereocenters. The fraction of sp³-hybridized carbons (Fsp3) is 0.333. The molecule has 0 aliphatic carbocycles. The van der Waals surface area contributed by atoms with E-state index in [9.17, 15) is 19.7 Å². The minimum atomic E-state index is -0.835. The van der Waals surface area contributed by atoms with Crippen molar-refractivity contribution in [1.29, 1.82) is 0 Å². The molecule has 0 fully saturated rings. The van der Waals surface area contributed by atoms with Gasteiger partial charge in [0, 0.05) is 6.07 Å². The van der Waals surface area contributed by atoms with Crippen molar-refractivity contribution in [3.8, 4) is 0 Å². The van der Waals surface area contributed by atoms with Gasteiger partial charge in [-0.15, -0.1) is 0 Å². The molecular weight excluding hydrogens is 282 g/mol. The second-order valence-corrected chi connectivity index (χ2v) is 4.18. The number of anilines is 2. The number of methoxy groups -OCH3 is 1. The third kappa shape index (κ3) is 4.97. The Morgan fingerprint density at radius 1 is 1.24 bits per heavy atom. The maximum atomic E-state index is 11.4. The first-order valence-corrected chi connectivity index (χ1v) is 5.94. The van der Waals surface area contributed by atoms with Gasteiger partial charge in [-0.3, -0.25) is 20.7 Å². The average Bonchev–Trinajstić information content (AvgIpc) is 2.39. The molecule has 1 rings (SSSR count). The van der Waals surface area contributed by atoms with E-state index in [0.717, 1.165) is 13.2 Å². The predicted molar refractivity (Wildman–Crippen MR) is 74.4 cm³/mol. The molecule has 21 heavy (non-hydrogen) atoms. The summed E-state index contributed by atoms with van der Waals surface area (Å²) in [6.07, 6.45) is -1.88. The fourth-order valence-electron chi connectivity index (χ4n) is 1.39. The number of carbonyl (C=O) groups excluding carboxylic acids is 2. The van der Waals surface area contributed by atoms with Gasteiger partial charge >= 0.3 is 12.2 Å². The molecule has 1 aromatic carbocycles. The van der Waals surface area contributed by atoms with Crippen LogP contribution in [0, 0.1) is 10.1 Å². The summed E-state index contributed by atoms with van der Waals surface area (Å²) in [4.78, 5) is 32.8. The lowest BCUT2D eigenvalue weighted by atomic mass is 10.2. The number of nitrogens with zero attached hydrogens (tertiary/aromatic N) is 1. The molecule has 0 radical (unpaired) electrons. The summed E-state index contributed by atoms with van der Waals surface area (Å²) in [6, 6.07) is 3.77. The highest BCUT2D eigenvalue weighted by molar-refractivity contribution is 5.90. The van der Waals surface area contributed by atoms with Crippen molar-refractivity contribution in [3.05, 3.63) is 28.3 Å². The Labute approximate surface area is 120 Å². The van der Waals surface area contributed by atoms with Crippen molar-refractivity contribution in [1.82, 2.24) is 0 Å². The van der Waals surface area contributed by atoms with Crippen molar-refractivity contribution in [2.24, 2.45) is 0 Å². The molecular formula is C12H15N3O6. The van der Waals surface area contributed by atoms with Crippen LogP contribution in [0.15, 0.2) is 18.2 Å². The molecule has 0 aliphatic heterocycles. The van der Waals surface area contributed by atoms with E-state index >= 15 is 0 Å². The summed E-state index contributed by atoms with van der Waals surface area (Å²) in [6.45, 7) is 3.34. The van der Waals surface area contributed by atoms with Crippen molar-refractivity contribution in [2.45, 2.75) is 20.0 Å². The van der Waals surface area contributed by atoms with Gasteiger partial charge < -0.3 is 9.47 Å². The second-order valence-electron chi connectivity index (χ2n) is 4.18. The molecule has 114 valence electrons. The largest absolute Gasteiger partial charge is 0.453 e. The molecule has 1 aromatic rings. The molecule has 0 saturated heterocycles. The summed E-state index contributed by atoms with van der Waals surface area (Å²) in [5.41, 5.74) is -0.264. The van der Waals surface area contributed by atoms with Gasteiger partial charge in [0.25, 0.3) is 5.69 Å². The highest BCUT2D eigenvalue weighted by Crippen LogP contribution is 2.28. The molecule has 0 aromatic heterocycles. The van der Waals surface area contributed by atoms with Crippen LogP contribution in [0.25, 0.3) is 0 Å². The van der Waals surface area contributed by atoms with Crippen LogP contribution < -0.4 is 10.6 Å².